The van der Waals surface area contributed by atoms with Crippen molar-refractivity contribution in [1.29, 1.82) is 0 Å². The summed E-state index contributed by atoms with van der Waals surface area (Å²) < 4.78 is 26.9. The SMILES string of the molecule is Cc1csc(-c2cccc(S(=O)(=O)N[C@@H](C)CN)c2)n1.Cl. The van der Waals surface area contributed by atoms with E-state index in [1.165, 1.54) is 11.3 Å². The Balaban J connectivity index is 0.00000220. The fourth-order valence-corrected chi connectivity index (χ4v) is 3.76. The van der Waals surface area contributed by atoms with Gasteiger partial charge in [-0.3, -0.25) is 0 Å². The Labute approximate surface area is 135 Å². The molecule has 0 saturated heterocycles. The van der Waals surface area contributed by atoms with Crippen molar-refractivity contribution in [3.8, 4) is 10.6 Å². The van der Waals surface area contributed by atoms with Gasteiger partial charge in [-0.2, -0.15) is 0 Å². The number of sulfonamides is 1. The van der Waals surface area contributed by atoms with Crippen LogP contribution in [-0.4, -0.2) is 26.0 Å². The number of benzene rings is 1. The summed E-state index contributed by atoms with van der Waals surface area (Å²) in [5, 5.41) is 2.75. The van der Waals surface area contributed by atoms with Crippen LogP contribution in [0.15, 0.2) is 34.5 Å². The molecule has 0 aliphatic rings. The zero-order chi connectivity index (χ0) is 14.8. The zero-order valence-corrected chi connectivity index (χ0v) is 14.2. The number of nitrogens with two attached hydrogens (primary N) is 1. The molecule has 5 nitrogen and oxygen atoms in total. The Morgan fingerprint density at radius 3 is 2.71 bits per heavy atom. The van der Waals surface area contributed by atoms with Crippen LogP contribution in [0.25, 0.3) is 10.6 Å². The molecule has 2 aromatic rings. The number of aromatic nitrogens is 1. The molecule has 2 rings (SSSR count). The predicted octanol–water partition coefficient (Wildman–Crippen LogP) is 2.17. The second-order valence-corrected chi connectivity index (χ2v) is 7.15. The van der Waals surface area contributed by atoms with Crippen LogP contribution in [0.2, 0.25) is 0 Å². The lowest BCUT2D eigenvalue weighted by Gasteiger charge is -2.12. The minimum absolute atomic E-state index is 0. The van der Waals surface area contributed by atoms with Gasteiger partial charge in [0.05, 0.1) is 4.90 Å². The Kier molecular flexibility index (Phi) is 6.30. The number of nitrogens with one attached hydrogen (secondary N) is 1. The molecule has 1 aromatic heterocycles. The number of hydrogen-bond donors (Lipinski definition) is 2. The minimum Gasteiger partial charge on any atom is -0.329 e. The summed E-state index contributed by atoms with van der Waals surface area (Å²) in [6, 6.07) is 6.46. The topological polar surface area (TPSA) is 85.1 Å². The molecule has 0 spiro atoms. The first-order valence-corrected chi connectivity index (χ1v) is 8.53. The molecule has 21 heavy (non-hydrogen) atoms. The molecule has 0 radical (unpaired) electrons. The number of aryl methyl sites for hydroxylation is 1. The van der Waals surface area contributed by atoms with Crippen molar-refractivity contribution in [1.82, 2.24) is 9.71 Å². The van der Waals surface area contributed by atoms with Crippen LogP contribution in [0.3, 0.4) is 0 Å². The van der Waals surface area contributed by atoms with Crippen LogP contribution in [-0.2, 0) is 10.0 Å². The van der Waals surface area contributed by atoms with E-state index in [-0.39, 0.29) is 29.9 Å². The first kappa shape index (κ1) is 18.1. The predicted molar refractivity (Wildman–Crippen MR) is 88.4 cm³/mol. The van der Waals surface area contributed by atoms with E-state index < -0.39 is 10.0 Å². The smallest absolute Gasteiger partial charge is 0.240 e. The maximum Gasteiger partial charge on any atom is 0.240 e. The van der Waals surface area contributed by atoms with E-state index >= 15 is 0 Å². The highest BCUT2D eigenvalue weighted by Gasteiger charge is 2.17. The van der Waals surface area contributed by atoms with Crippen molar-refractivity contribution < 1.29 is 8.42 Å². The Morgan fingerprint density at radius 1 is 1.43 bits per heavy atom. The lowest BCUT2D eigenvalue weighted by Crippen LogP contribution is -2.37. The van der Waals surface area contributed by atoms with E-state index in [4.69, 9.17) is 5.73 Å². The molecule has 1 atom stereocenters. The van der Waals surface area contributed by atoms with Crippen molar-refractivity contribution in [2.24, 2.45) is 5.73 Å². The molecule has 0 aliphatic carbocycles. The lowest BCUT2D eigenvalue weighted by molar-refractivity contribution is 0.562. The molecule has 0 bridgehead atoms. The van der Waals surface area contributed by atoms with Gasteiger partial charge in [-0.25, -0.2) is 18.1 Å². The van der Waals surface area contributed by atoms with E-state index in [1.54, 1.807) is 25.1 Å². The summed E-state index contributed by atoms with van der Waals surface area (Å²) in [5.74, 6) is 0. The number of hydrogen-bond acceptors (Lipinski definition) is 5. The zero-order valence-electron chi connectivity index (χ0n) is 11.7. The standard InChI is InChI=1S/C13H17N3O2S2.ClH/c1-9(7-14)16-20(17,18)12-5-3-4-11(6-12)13-15-10(2)8-19-13;/h3-6,8-9,16H,7,14H2,1-2H3;1H/t9-;/m0./s1. The number of nitrogens with zero attached hydrogens (tertiary/aromatic N) is 1. The monoisotopic (exact) mass is 347 g/mol. The lowest BCUT2D eigenvalue weighted by atomic mass is 10.2. The van der Waals surface area contributed by atoms with Gasteiger partial charge in [0.25, 0.3) is 0 Å². The molecule has 1 aromatic carbocycles. The molecule has 0 saturated carbocycles. The maximum atomic E-state index is 12.2. The van der Waals surface area contributed by atoms with Crippen LogP contribution in [0.5, 0.6) is 0 Å². The molecule has 0 unspecified atom stereocenters. The van der Waals surface area contributed by atoms with Gasteiger partial charge in [-0.05, 0) is 26.0 Å². The normalized spacial score (nSPS) is 12.7. The third-order valence-corrected chi connectivity index (χ3v) is 5.32. The summed E-state index contributed by atoms with van der Waals surface area (Å²) in [7, 11) is -3.55. The van der Waals surface area contributed by atoms with Crippen molar-refractivity contribution in [2.75, 3.05) is 6.54 Å². The second-order valence-electron chi connectivity index (χ2n) is 4.58. The fraction of sp³-hybridized carbons (Fsp3) is 0.308. The summed E-state index contributed by atoms with van der Waals surface area (Å²) in [6.45, 7) is 3.89. The van der Waals surface area contributed by atoms with Gasteiger partial charge < -0.3 is 5.73 Å². The van der Waals surface area contributed by atoms with Crippen LogP contribution in [0.1, 0.15) is 12.6 Å². The third-order valence-electron chi connectivity index (χ3n) is 2.72. The third kappa shape index (κ3) is 4.49. The van der Waals surface area contributed by atoms with Crippen molar-refractivity contribution in [3.63, 3.8) is 0 Å². The second kappa shape index (κ2) is 7.33. The average Bonchev–Trinajstić information content (AvgIpc) is 2.85. The summed E-state index contributed by atoms with van der Waals surface area (Å²) in [5.41, 5.74) is 7.17. The molecule has 3 N–H and O–H groups in total. The maximum absolute atomic E-state index is 12.2. The molecule has 0 fully saturated rings. The Morgan fingerprint density at radius 2 is 2.14 bits per heavy atom. The number of thiazole rings is 1. The molecular formula is C13H18ClN3O2S2. The van der Waals surface area contributed by atoms with Gasteiger partial charge in [0.1, 0.15) is 5.01 Å². The minimum atomic E-state index is -3.55. The molecule has 1 heterocycles. The van der Waals surface area contributed by atoms with Gasteiger partial charge >= 0.3 is 0 Å². The molecule has 116 valence electrons. The number of halogens is 1. The van der Waals surface area contributed by atoms with E-state index in [9.17, 15) is 8.42 Å². The van der Waals surface area contributed by atoms with Crippen molar-refractivity contribution in [2.45, 2.75) is 24.8 Å². The van der Waals surface area contributed by atoms with Crippen LogP contribution in [0, 0.1) is 6.92 Å². The van der Waals surface area contributed by atoms with Gasteiger partial charge in [0.2, 0.25) is 10.0 Å². The fourth-order valence-electron chi connectivity index (χ4n) is 1.66. The van der Waals surface area contributed by atoms with Gasteiger partial charge in [0, 0.05) is 29.2 Å². The summed E-state index contributed by atoms with van der Waals surface area (Å²) in [4.78, 5) is 4.59. The van der Waals surface area contributed by atoms with Crippen molar-refractivity contribution in [3.05, 3.63) is 35.3 Å². The molecule has 0 amide bonds. The van der Waals surface area contributed by atoms with Crippen LogP contribution in [0.4, 0.5) is 0 Å². The van der Waals surface area contributed by atoms with Crippen LogP contribution >= 0.6 is 23.7 Å². The quantitative estimate of drug-likeness (QED) is 0.868. The highest BCUT2D eigenvalue weighted by molar-refractivity contribution is 7.89. The molecule has 0 aliphatic heterocycles. The van der Waals surface area contributed by atoms with Crippen molar-refractivity contribution >= 4 is 33.8 Å². The van der Waals surface area contributed by atoms with Gasteiger partial charge in [-0.15, -0.1) is 23.7 Å². The van der Waals surface area contributed by atoms with Crippen LogP contribution < -0.4 is 10.5 Å². The van der Waals surface area contributed by atoms with Gasteiger partial charge in [0.15, 0.2) is 0 Å². The summed E-state index contributed by atoms with van der Waals surface area (Å²) >= 11 is 1.49. The number of rotatable bonds is 5. The first-order valence-electron chi connectivity index (χ1n) is 6.17. The largest absolute Gasteiger partial charge is 0.329 e. The summed E-state index contributed by atoms with van der Waals surface area (Å²) in [6.07, 6.45) is 0. The highest BCUT2D eigenvalue weighted by Crippen LogP contribution is 2.25. The highest BCUT2D eigenvalue weighted by atomic mass is 35.5. The van der Waals surface area contributed by atoms with E-state index in [0.29, 0.717) is 0 Å². The van der Waals surface area contributed by atoms with E-state index in [0.717, 1.165) is 16.3 Å². The van der Waals surface area contributed by atoms with E-state index in [1.807, 2.05) is 18.4 Å². The Hall–Kier alpha value is -0.990. The average molecular weight is 348 g/mol. The molecule has 8 heteroatoms. The molecular weight excluding hydrogens is 330 g/mol. The van der Waals surface area contributed by atoms with Gasteiger partial charge in [-0.1, -0.05) is 12.1 Å². The first-order chi connectivity index (χ1) is 9.42. The Bertz CT molecular complexity index is 701. The van der Waals surface area contributed by atoms with E-state index in [2.05, 4.69) is 9.71 Å².